The number of hydrogen-bond acceptors (Lipinski definition) is 3. The molecule has 0 bridgehead atoms. The number of amides is 1. The zero-order valence-corrected chi connectivity index (χ0v) is 16.2. The quantitative estimate of drug-likeness (QED) is 0.673. The highest BCUT2D eigenvalue weighted by atomic mass is 35.5. The standard InChI is InChI=1S/C21H20ClFN4O/c1-25-20(14-19(24-25)17-4-2-3-5-18(17)22)21(28)27-12-10-26(11-13-27)16-8-6-15(23)7-9-16/h2-9,14H,10-13H2,1H3. The van der Waals surface area contributed by atoms with Crippen LogP contribution in [0.15, 0.2) is 54.6 Å². The number of halogens is 2. The van der Waals surface area contributed by atoms with Crippen LogP contribution < -0.4 is 4.90 Å². The third-order valence-electron chi connectivity index (χ3n) is 5.01. The molecule has 5 nitrogen and oxygen atoms in total. The molecule has 7 heteroatoms. The first kappa shape index (κ1) is 18.5. The summed E-state index contributed by atoms with van der Waals surface area (Å²) in [5, 5.41) is 5.07. The summed E-state index contributed by atoms with van der Waals surface area (Å²) in [6.45, 7) is 2.60. The topological polar surface area (TPSA) is 41.4 Å². The van der Waals surface area contributed by atoms with Gasteiger partial charge in [-0.2, -0.15) is 5.10 Å². The molecule has 1 saturated heterocycles. The number of rotatable bonds is 3. The van der Waals surface area contributed by atoms with E-state index in [1.165, 1.54) is 12.1 Å². The van der Waals surface area contributed by atoms with Crippen LogP contribution in [0.25, 0.3) is 11.3 Å². The lowest BCUT2D eigenvalue weighted by Gasteiger charge is -2.36. The summed E-state index contributed by atoms with van der Waals surface area (Å²) in [6, 6.07) is 15.7. The normalized spacial score (nSPS) is 14.4. The molecule has 1 fully saturated rings. The number of benzene rings is 2. The summed E-state index contributed by atoms with van der Waals surface area (Å²) in [5.74, 6) is -0.296. The van der Waals surface area contributed by atoms with Crippen LogP contribution in [0, 0.1) is 5.82 Å². The summed E-state index contributed by atoms with van der Waals surface area (Å²) in [6.07, 6.45) is 0. The molecule has 0 unspecified atom stereocenters. The van der Waals surface area contributed by atoms with E-state index in [4.69, 9.17) is 11.6 Å². The summed E-state index contributed by atoms with van der Waals surface area (Å²) in [4.78, 5) is 17.0. The fourth-order valence-corrected chi connectivity index (χ4v) is 3.68. The Morgan fingerprint density at radius 2 is 1.71 bits per heavy atom. The summed E-state index contributed by atoms with van der Waals surface area (Å²) in [5.41, 5.74) is 2.99. The highest BCUT2D eigenvalue weighted by molar-refractivity contribution is 6.33. The maximum absolute atomic E-state index is 13.1. The first-order chi connectivity index (χ1) is 13.5. The van der Waals surface area contributed by atoms with Crippen LogP contribution in [0.5, 0.6) is 0 Å². The second-order valence-corrected chi connectivity index (χ2v) is 7.18. The van der Waals surface area contributed by atoms with Gasteiger partial charge < -0.3 is 9.80 Å². The average molecular weight is 399 g/mol. The van der Waals surface area contributed by atoms with Crippen LogP contribution in [0.1, 0.15) is 10.5 Å². The van der Waals surface area contributed by atoms with Gasteiger partial charge in [0, 0.05) is 44.5 Å². The monoisotopic (exact) mass is 398 g/mol. The van der Waals surface area contributed by atoms with Gasteiger partial charge in [0.1, 0.15) is 11.5 Å². The van der Waals surface area contributed by atoms with Crippen molar-refractivity contribution in [1.29, 1.82) is 0 Å². The van der Waals surface area contributed by atoms with Crippen molar-refractivity contribution in [2.24, 2.45) is 7.05 Å². The summed E-state index contributed by atoms with van der Waals surface area (Å²) >= 11 is 6.26. The van der Waals surface area contributed by atoms with E-state index in [0.717, 1.165) is 11.3 Å². The number of nitrogens with zero attached hydrogens (tertiary/aromatic N) is 4. The molecule has 144 valence electrons. The van der Waals surface area contributed by atoms with Crippen molar-refractivity contribution in [2.75, 3.05) is 31.1 Å². The van der Waals surface area contributed by atoms with Crippen molar-refractivity contribution < 1.29 is 9.18 Å². The highest BCUT2D eigenvalue weighted by Crippen LogP contribution is 2.27. The molecule has 1 aliphatic rings. The molecule has 28 heavy (non-hydrogen) atoms. The maximum atomic E-state index is 13.1. The third kappa shape index (κ3) is 3.60. The smallest absolute Gasteiger partial charge is 0.272 e. The van der Waals surface area contributed by atoms with E-state index in [-0.39, 0.29) is 11.7 Å². The lowest BCUT2D eigenvalue weighted by molar-refractivity contribution is 0.0735. The second kappa shape index (κ2) is 7.64. The molecule has 0 aliphatic carbocycles. The SMILES string of the molecule is Cn1nc(-c2ccccc2Cl)cc1C(=O)N1CCN(c2ccc(F)cc2)CC1. The largest absolute Gasteiger partial charge is 0.368 e. The first-order valence-electron chi connectivity index (χ1n) is 9.11. The number of aryl methyl sites for hydroxylation is 1. The van der Waals surface area contributed by atoms with Gasteiger partial charge in [-0.1, -0.05) is 29.8 Å². The van der Waals surface area contributed by atoms with E-state index in [2.05, 4.69) is 10.00 Å². The molecular formula is C21H20ClFN4O. The van der Waals surface area contributed by atoms with Gasteiger partial charge >= 0.3 is 0 Å². The van der Waals surface area contributed by atoms with Crippen LogP contribution in [0.4, 0.5) is 10.1 Å². The molecule has 2 heterocycles. The van der Waals surface area contributed by atoms with Gasteiger partial charge in [0.15, 0.2) is 0 Å². The molecule has 3 aromatic rings. The number of hydrogen-bond donors (Lipinski definition) is 0. The Hall–Kier alpha value is -2.86. The average Bonchev–Trinajstić information content (AvgIpc) is 3.10. The van der Waals surface area contributed by atoms with E-state index in [1.54, 1.807) is 29.9 Å². The van der Waals surface area contributed by atoms with Crippen molar-refractivity contribution in [3.8, 4) is 11.3 Å². The molecule has 0 N–H and O–H groups in total. The summed E-state index contributed by atoms with van der Waals surface area (Å²) < 4.78 is 14.7. The molecule has 0 radical (unpaired) electrons. The molecule has 1 aromatic heterocycles. The number of anilines is 1. The highest BCUT2D eigenvalue weighted by Gasteiger charge is 2.25. The Bertz CT molecular complexity index is 994. The lowest BCUT2D eigenvalue weighted by atomic mass is 10.1. The van der Waals surface area contributed by atoms with Gasteiger partial charge in [0.2, 0.25) is 0 Å². The van der Waals surface area contributed by atoms with Gasteiger partial charge in [-0.3, -0.25) is 9.48 Å². The van der Waals surface area contributed by atoms with E-state index in [9.17, 15) is 9.18 Å². The Morgan fingerprint density at radius 1 is 1.04 bits per heavy atom. The number of piperazine rings is 1. The zero-order valence-electron chi connectivity index (χ0n) is 15.5. The van der Waals surface area contributed by atoms with E-state index in [0.29, 0.717) is 42.6 Å². The Morgan fingerprint density at radius 3 is 2.39 bits per heavy atom. The summed E-state index contributed by atoms with van der Waals surface area (Å²) in [7, 11) is 1.77. The molecule has 0 spiro atoms. The van der Waals surface area contributed by atoms with Gasteiger partial charge in [0.05, 0.1) is 10.7 Å². The predicted molar refractivity (Wildman–Crippen MR) is 108 cm³/mol. The Labute approximate surface area is 167 Å². The minimum Gasteiger partial charge on any atom is -0.368 e. The molecule has 2 aromatic carbocycles. The van der Waals surface area contributed by atoms with Crippen LogP contribution in [0.2, 0.25) is 5.02 Å². The molecule has 4 rings (SSSR count). The number of aromatic nitrogens is 2. The van der Waals surface area contributed by atoms with Gasteiger partial charge in [0.25, 0.3) is 5.91 Å². The fourth-order valence-electron chi connectivity index (χ4n) is 3.45. The third-order valence-corrected chi connectivity index (χ3v) is 5.34. The van der Waals surface area contributed by atoms with Crippen LogP contribution in [-0.2, 0) is 7.05 Å². The van der Waals surface area contributed by atoms with E-state index in [1.807, 2.05) is 29.2 Å². The van der Waals surface area contributed by atoms with Gasteiger partial charge in [-0.25, -0.2) is 4.39 Å². The molecule has 1 aliphatic heterocycles. The van der Waals surface area contributed by atoms with Gasteiger partial charge in [-0.05, 0) is 36.4 Å². The van der Waals surface area contributed by atoms with Crippen molar-refractivity contribution in [1.82, 2.24) is 14.7 Å². The van der Waals surface area contributed by atoms with E-state index < -0.39 is 0 Å². The van der Waals surface area contributed by atoms with Crippen molar-refractivity contribution in [3.63, 3.8) is 0 Å². The predicted octanol–water partition coefficient (Wildman–Crippen LogP) is 3.84. The number of carbonyl (C=O) groups is 1. The minimum absolute atomic E-state index is 0.0490. The van der Waals surface area contributed by atoms with Crippen LogP contribution >= 0.6 is 11.6 Å². The van der Waals surface area contributed by atoms with Crippen LogP contribution in [0.3, 0.4) is 0 Å². The Balaban J connectivity index is 1.47. The lowest BCUT2D eigenvalue weighted by Crippen LogP contribution is -2.49. The van der Waals surface area contributed by atoms with Crippen LogP contribution in [-0.4, -0.2) is 46.8 Å². The first-order valence-corrected chi connectivity index (χ1v) is 9.49. The molecule has 0 saturated carbocycles. The number of carbonyl (C=O) groups excluding carboxylic acids is 1. The zero-order chi connectivity index (χ0) is 19.7. The second-order valence-electron chi connectivity index (χ2n) is 6.77. The van der Waals surface area contributed by atoms with Crippen molar-refractivity contribution >= 4 is 23.2 Å². The maximum Gasteiger partial charge on any atom is 0.272 e. The van der Waals surface area contributed by atoms with Gasteiger partial charge in [-0.15, -0.1) is 0 Å². The van der Waals surface area contributed by atoms with E-state index >= 15 is 0 Å². The molecular weight excluding hydrogens is 379 g/mol. The fraction of sp³-hybridized carbons (Fsp3) is 0.238. The minimum atomic E-state index is -0.247. The van der Waals surface area contributed by atoms with Crippen molar-refractivity contribution in [3.05, 3.63) is 71.1 Å². The molecule has 0 atom stereocenters. The van der Waals surface area contributed by atoms with Crippen molar-refractivity contribution in [2.45, 2.75) is 0 Å². The Kier molecular flexibility index (Phi) is 5.05. The molecule has 1 amide bonds.